The lowest BCUT2D eigenvalue weighted by Gasteiger charge is -2.08. The Balaban J connectivity index is 1.90. The van der Waals surface area contributed by atoms with Crippen LogP contribution in [-0.4, -0.2) is 11.8 Å². The molecule has 5 heteroatoms. The number of nitrogens with one attached hydrogen (secondary N) is 2. The number of carbonyl (C=O) groups excluding carboxylic acids is 2. The van der Waals surface area contributed by atoms with Crippen molar-refractivity contribution >= 4 is 29.3 Å². The van der Waals surface area contributed by atoms with Gasteiger partial charge in [-0.05, 0) is 42.5 Å². The molecule has 0 fully saturated rings. The lowest BCUT2D eigenvalue weighted by atomic mass is 10.2. The minimum absolute atomic E-state index is 0.0434. The van der Waals surface area contributed by atoms with E-state index in [0.717, 1.165) is 0 Å². The summed E-state index contributed by atoms with van der Waals surface area (Å²) in [6, 6.07) is 10.5. The molecule has 114 valence electrons. The summed E-state index contributed by atoms with van der Waals surface area (Å²) in [4.78, 5) is 23.3. The Kier molecular flexibility index (Phi) is 5.14. The molecule has 5 nitrogen and oxygen atoms in total. The molecule has 2 rings (SSSR count). The molecule has 0 radical (unpaired) electrons. The van der Waals surface area contributed by atoms with Crippen molar-refractivity contribution in [3.8, 4) is 0 Å². The maximum Gasteiger partial charge on any atom is 0.248 e. The first-order valence-corrected chi connectivity index (χ1v) is 6.98. The topological polar surface area (TPSA) is 71.3 Å². The maximum atomic E-state index is 11.8. The Morgan fingerprint density at radius 3 is 2.23 bits per heavy atom. The molecule has 1 aromatic carbocycles. The van der Waals surface area contributed by atoms with Crippen molar-refractivity contribution in [1.82, 2.24) is 0 Å². The van der Waals surface area contributed by atoms with Crippen LogP contribution >= 0.6 is 0 Å². The predicted octanol–water partition coefficient (Wildman–Crippen LogP) is 3.53. The number of rotatable bonds is 5. The van der Waals surface area contributed by atoms with Gasteiger partial charge in [-0.25, -0.2) is 0 Å². The molecule has 0 aliphatic carbocycles. The molecule has 0 bridgehead atoms. The van der Waals surface area contributed by atoms with Gasteiger partial charge in [0.1, 0.15) is 5.76 Å². The van der Waals surface area contributed by atoms with Gasteiger partial charge in [0.25, 0.3) is 0 Å². The third-order valence-corrected chi connectivity index (χ3v) is 2.89. The average Bonchev–Trinajstić information content (AvgIpc) is 3.00. The van der Waals surface area contributed by atoms with Crippen LogP contribution in [0.1, 0.15) is 19.6 Å². The zero-order valence-electron chi connectivity index (χ0n) is 12.5. The molecule has 1 heterocycles. The summed E-state index contributed by atoms with van der Waals surface area (Å²) >= 11 is 0. The molecule has 0 unspecified atom stereocenters. The van der Waals surface area contributed by atoms with Crippen LogP contribution in [0.3, 0.4) is 0 Å². The standard InChI is InChI=1S/C17H18N2O3/c1-12(2)17(21)19-14-7-5-13(6-8-14)18-16(20)10-9-15-4-3-11-22-15/h3-12H,1-2H3,(H,18,20)(H,19,21)/b10-9+. The van der Waals surface area contributed by atoms with Crippen molar-refractivity contribution in [3.05, 3.63) is 54.5 Å². The molecule has 0 saturated carbocycles. The van der Waals surface area contributed by atoms with Gasteiger partial charge in [-0.3, -0.25) is 9.59 Å². The van der Waals surface area contributed by atoms with Crippen molar-refractivity contribution in [2.75, 3.05) is 10.6 Å². The highest BCUT2D eigenvalue weighted by Crippen LogP contribution is 2.14. The minimum atomic E-state index is -0.254. The van der Waals surface area contributed by atoms with Gasteiger partial charge in [0.05, 0.1) is 6.26 Å². The van der Waals surface area contributed by atoms with Crippen molar-refractivity contribution in [3.63, 3.8) is 0 Å². The summed E-state index contributed by atoms with van der Waals surface area (Å²) in [6.45, 7) is 3.66. The lowest BCUT2D eigenvalue weighted by Crippen LogP contribution is -2.17. The van der Waals surface area contributed by atoms with Crippen molar-refractivity contribution in [2.45, 2.75) is 13.8 Å². The number of hydrogen-bond donors (Lipinski definition) is 2. The number of amides is 2. The monoisotopic (exact) mass is 298 g/mol. The van der Waals surface area contributed by atoms with Crippen LogP contribution in [0.2, 0.25) is 0 Å². The fraction of sp³-hybridized carbons (Fsp3) is 0.176. The van der Waals surface area contributed by atoms with Gasteiger partial charge in [-0.1, -0.05) is 13.8 Å². The Bertz CT molecular complexity index is 656. The van der Waals surface area contributed by atoms with Crippen molar-refractivity contribution < 1.29 is 14.0 Å². The van der Waals surface area contributed by atoms with E-state index in [0.29, 0.717) is 17.1 Å². The Morgan fingerprint density at radius 2 is 1.68 bits per heavy atom. The highest BCUT2D eigenvalue weighted by atomic mass is 16.3. The van der Waals surface area contributed by atoms with Crippen LogP contribution < -0.4 is 10.6 Å². The highest BCUT2D eigenvalue weighted by Gasteiger charge is 2.06. The predicted molar refractivity (Wildman–Crippen MR) is 86.3 cm³/mol. The van der Waals surface area contributed by atoms with Crippen molar-refractivity contribution in [1.29, 1.82) is 0 Å². The van der Waals surface area contributed by atoms with Gasteiger partial charge in [-0.2, -0.15) is 0 Å². The van der Waals surface area contributed by atoms with E-state index in [1.165, 1.54) is 6.08 Å². The smallest absolute Gasteiger partial charge is 0.248 e. The number of hydrogen-bond acceptors (Lipinski definition) is 3. The molecule has 22 heavy (non-hydrogen) atoms. The summed E-state index contributed by atoms with van der Waals surface area (Å²) in [5.41, 5.74) is 1.35. The second-order valence-electron chi connectivity index (χ2n) is 5.06. The zero-order valence-corrected chi connectivity index (χ0v) is 12.5. The maximum absolute atomic E-state index is 11.8. The van der Waals surface area contributed by atoms with Gasteiger partial charge in [-0.15, -0.1) is 0 Å². The fourth-order valence-corrected chi connectivity index (χ4v) is 1.65. The van der Waals surface area contributed by atoms with Crippen LogP contribution in [0.25, 0.3) is 6.08 Å². The third kappa shape index (κ3) is 4.63. The van der Waals surface area contributed by atoms with Crippen LogP contribution in [0.5, 0.6) is 0 Å². The van der Waals surface area contributed by atoms with E-state index in [4.69, 9.17) is 4.42 Å². The first-order chi connectivity index (χ1) is 10.5. The molecular weight excluding hydrogens is 280 g/mol. The van der Waals surface area contributed by atoms with Crippen LogP contribution in [0, 0.1) is 5.92 Å². The van der Waals surface area contributed by atoms with Crippen LogP contribution in [-0.2, 0) is 9.59 Å². The molecular formula is C17H18N2O3. The Morgan fingerprint density at radius 1 is 1.05 bits per heavy atom. The molecule has 0 aliphatic heterocycles. The molecule has 0 aliphatic rings. The Labute approximate surface area is 129 Å². The van der Waals surface area contributed by atoms with Gasteiger partial charge in [0.15, 0.2) is 0 Å². The second-order valence-corrected chi connectivity index (χ2v) is 5.06. The van der Waals surface area contributed by atoms with E-state index in [1.807, 2.05) is 13.8 Å². The van der Waals surface area contributed by atoms with E-state index in [2.05, 4.69) is 10.6 Å². The third-order valence-electron chi connectivity index (χ3n) is 2.89. The van der Waals surface area contributed by atoms with E-state index in [-0.39, 0.29) is 17.7 Å². The quantitative estimate of drug-likeness (QED) is 0.830. The normalized spacial score (nSPS) is 10.9. The number of carbonyl (C=O) groups is 2. The minimum Gasteiger partial charge on any atom is -0.465 e. The molecule has 0 saturated heterocycles. The highest BCUT2D eigenvalue weighted by molar-refractivity contribution is 6.02. The summed E-state index contributed by atoms with van der Waals surface area (Å²) in [7, 11) is 0. The molecule has 2 aromatic rings. The van der Waals surface area contributed by atoms with E-state index in [1.54, 1.807) is 48.7 Å². The molecule has 1 aromatic heterocycles. The van der Waals surface area contributed by atoms with E-state index in [9.17, 15) is 9.59 Å². The fourth-order valence-electron chi connectivity index (χ4n) is 1.65. The number of benzene rings is 1. The number of anilines is 2. The van der Waals surface area contributed by atoms with Gasteiger partial charge < -0.3 is 15.1 Å². The van der Waals surface area contributed by atoms with Crippen LogP contribution in [0.4, 0.5) is 11.4 Å². The molecule has 0 atom stereocenters. The van der Waals surface area contributed by atoms with Gasteiger partial charge in [0.2, 0.25) is 11.8 Å². The number of furan rings is 1. The first kappa shape index (κ1) is 15.6. The SMILES string of the molecule is CC(C)C(=O)Nc1ccc(NC(=O)/C=C/c2ccco2)cc1. The molecule has 2 N–H and O–H groups in total. The summed E-state index contributed by atoms with van der Waals surface area (Å²) in [5.74, 6) is 0.238. The average molecular weight is 298 g/mol. The largest absolute Gasteiger partial charge is 0.465 e. The lowest BCUT2D eigenvalue weighted by molar-refractivity contribution is -0.119. The summed E-state index contributed by atoms with van der Waals surface area (Å²) in [5, 5.41) is 5.52. The van der Waals surface area contributed by atoms with E-state index < -0.39 is 0 Å². The van der Waals surface area contributed by atoms with Crippen LogP contribution in [0.15, 0.2) is 53.2 Å². The second kappa shape index (κ2) is 7.26. The Hall–Kier alpha value is -2.82. The summed E-state index contributed by atoms with van der Waals surface area (Å²) in [6.07, 6.45) is 4.53. The summed E-state index contributed by atoms with van der Waals surface area (Å²) < 4.78 is 5.10. The first-order valence-electron chi connectivity index (χ1n) is 6.98. The van der Waals surface area contributed by atoms with Gasteiger partial charge in [0, 0.05) is 23.4 Å². The zero-order chi connectivity index (χ0) is 15.9. The van der Waals surface area contributed by atoms with Crippen molar-refractivity contribution in [2.24, 2.45) is 5.92 Å². The molecule has 2 amide bonds. The molecule has 0 spiro atoms. The van der Waals surface area contributed by atoms with Gasteiger partial charge >= 0.3 is 0 Å². The van der Waals surface area contributed by atoms with E-state index >= 15 is 0 Å².